The zero-order chi connectivity index (χ0) is 14.0. The Morgan fingerprint density at radius 3 is 2.37 bits per heavy atom. The molecule has 3 unspecified atom stereocenters. The summed E-state index contributed by atoms with van der Waals surface area (Å²) in [5, 5.41) is 9.20. The van der Waals surface area contributed by atoms with E-state index in [-0.39, 0.29) is 18.1 Å². The molecular formula is C14H20N2O3. The van der Waals surface area contributed by atoms with Crippen molar-refractivity contribution in [2.45, 2.75) is 31.3 Å². The van der Waals surface area contributed by atoms with Crippen LogP contribution in [-0.2, 0) is 4.79 Å². The highest BCUT2D eigenvalue weighted by molar-refractivity contribution is 5.79. The largest absolute Gasteiger partial charge is 0.481 e. The van der Waals surface area contributed by atoms with Gasteiger partial charge in [-0.25, -0.2) is 4.79 Å². The lowest BCUT2D eigenvalue weighted by atomic mass is 9.89. The lowest BCUT2D eigenvalue weighted by Gasteiger charge is -2.30. The molecule has 0 aromatic rings. The van der Waals surface area contributed by atoms with Crippen molar-refractivity contribution in [3.05, 3.63) is 25.3 Å². The molecule has 2 saturated heterocycles. The minimum atomic E-state index is -0.788. The highest BCUT2D eigenvalue weighted by Gasteiger charge is 2.52. The van der Waals surface area contributed by atoms with E-state index >= 15 is 0 Å². The van der Waals surface area contributed by atoms with Crippen LogP contribution in [0.3, 0.4) is 0 Å². The molecule has 2 bridgehead atoms. The van der Waals surface area contributed by atoms with Crippen LogP contribution in [0, 0.1) is 5.92 Å². The number of carbonyl (C=O) groups excluding carboxylic acids is 1. The summed E-state index contributed by atoms with van der Waals surface area (Å²) in [7, 11) is 0. The summed E-state index contributed by atoms with van der Waals surface area (Å²) in [5.41, 5.74) is 0. The molecular weight excluding hydrogens is 244 g/mol. The van der Waals surface area contributed by atoms with E-state index in [1.165, 1.54) is 0 Å². The summed E-state index contributed by atoms with van der Waals surface area (Å²) in [6, 6.07) is -0.154. The maximum Gasteiger partial charge on any atom is 0.321 e. The van der Waals surface area contributed by atoms with E-state index < -0.39 is 11.9 Å². The molecule has 2 aliphatic heterocycles. The van der Waals surface area contributed by atoms with E-state index in [1.54, 1.807) is 22.0 Å². The van der Waals surface area contributed by atoms with Crippen LogP contribution in [0.1, 0.15) is 19.3 Å². The molecule has 0 aromatic heterocycles. The van der Waals surface area contributed by atoms with Gasteiger partial charge in [-0.15, -0.1) is 13.2 Å². The smallest absolute Gasteiger partial charge is 0.321 e. The van der Waals surface area contributed by atoms with E-state index in [2.05, 4.69) is 13.2 Å². The number of urea groups is 1. The number of rotatable bonds is 5. The molecule has 0 spiro atoms. The van der Waals surface area contributed by atoms with Gasteiger partial charge in [0.25, 0.3) is 0 Å². The minimum absolute atomic E-state index is 0.0794. The second kappa shape index (κ2) is 5.47. The molecule has 0 saturated carbocycles. The summed E-state index contributed by atoms with van der Waals surface area (Å²) >= 11 is 0. The topological polar surface area (TPSA) is 60.9 Å². The first kappa shape index (κ1) is 13.6. The third-order valence-electron chi connectivity index (χ3n) is 4.04. The van der Waals surface area contributed by atoms with Gasteiger partial charge in [0.1, 0.15) is 0 Å². The molecule has 0 aromatic carbocycles. The van der Waals surface area contributed by atoms with Crippen LogP contribution in [0.15, 0.2) is 25.3 Å². The Morgan fingerprint density at radius 2 is 1.89 bits per heavy atom. The number of carboxylic acids is 1. The van der Waals surface area contributed by atoms with E-state index in [1.807, 2.05) is 0 Å². The van der Waals surface area contributed by atoms with Crippen LogP contribution < -0.4 is 0 Å². The highest BCUT2D eigenvalue weighted by Crippen LogP contribution is 2.42. The zero-order valence-corrected chi connectivity index (χ0v) is 11.0. The molecule has 2 aliphatic rings. The van der Waals surface area contributed by atoms with Gasteiger partial charge in [-0.05, 0) is 19.3 Å². The first-order valence-corrected chi connectivity index (χ1v) is 6.62. The van der Waals surface area contributed by atoms with E-state index in [0.29, 0.717) is 19.5 Å². The summed E-state index contributed by atoms with van der Waals surface area (Å²) in [5.74, 6) is -1.19. The Kier molecular flexibility index (Phi) is 3.93. The van der Waals surface area contributed by atoms with Gasteiger partial charge in [0.2, 0.25) is 0 Å². The maximum absolute atomic E-state index is 12.5. The fourth-order valence-electron chi connectivity index (χ4n) is 3.26. The van der Waals surface area contributed by atoms with Crippen LogP contribution in [0.2, 0.25) is 0 Å². The van der Waals surface area contributed by atoms with Crippen molar-refractivity contribution in [1.82, 2.24) is 9.80 Å². The van der Waals surface area contributed by atoms with Crippen molar-refractivity contribution >= 4 is 12.0 Å². The highest BCUT2D eigenvalue weighted by atomic mass is 16.4. The van der Waals surface area contributed by atoms with Crippen molar-refractivity contribution in [2.24, 2.45) is 5.92 Å². The third kappa shape index (κ3) is 2.37. The second-order valence-electron chi connectivity index (χ2n) is 5.15. The fraction of sp³-hybridized carbons (Fsp3) is 0.571. The van der Waals surface area contributed by atoms with Crippen LogP contribution in [0.5, 0.6) is 0 Å². The summed E-state index contributed by atoms with van der Waals surface area (Å²) in [6.07, 6.45) is 5.64. The fourth-order valence-corrected chi connectivity index (χ4v) is 3.26. The molecule has 19 heavy (non-hydrogen) atoms. The minimum Gasteiger partial charge on any atom is -0.481 e. The Labute approximate surface area is 113 Å². The Morgan fingerprint density at radius 1 is 1.26 bits per heavy atom. The molecule has 0 aliphatic carbocycles. The average molecular weight is 264 g/mol. The monoisotopic (exact) mass is 264 g/mol. The predicted octanol–water partition coefficient (Wildman–Crippen LogP) is 1.72. The molecule has 1 N–H and O–H groups in total. The predicted molar refractivity (Wildman–Crippen MR) is 71.8 cm³/mol. The number of amides is 2. The molecule has 5 nitrogen and oxygen atoms in total. The number of hydrogen-bond donors (Lipinski definition) is 1. The first-order valence-electron chi connectivity index (χ1n) is 6.62. The van der Waals surface area contributed by atoms with Crippen molar-refractivity contribution in [3.63, 3.8) is 0 Å². The number of carbonyl (C=O) groups is 2. The molecule has 0 radical (unpaired) electrons. The lowest BCUT2D eigenvalue weighted by Crippen LogP contribution is -2.46. The van der Waals surface area contributed by atoms with Gasteiger partial charge in [0.15, 0.2) is 0 Å². The maximum atomic E-state index is 12.5. The van der Waals surface area contributed by atoms with Crippen LogP contribution in [0.25, 0.3) is 0 Å². The Bertz CT molecular complexity index is 397. The summed E-state index contributed by atoms with van der Waals surface area (Å²) in [4.78, 5) is 27.1. The van der Waals surface area contributed by atoms with Gasteiger partial charge in [-0.1, -0.05) is 12.2 Å². The second-order valence-corrected chi connectivity index (χ2v) is 5.15. The Hall–Kier alpha value is -1.78. The molecule has 2 fully saturated rings. The number of hydrogen-bond acceptors (Lipinski definition) is 2. The van der Waals surface area contributed by atoms with Crippen LogP contribution >= 0.6 is 0 Å². The van der Waals surface area contributed by atoms with Crippen molar-refractivity contribution in [2.75, 3.05) is 13.1 Å². The molecule has 104 valence electrons. The van der Waals surface area contributed by atoms with Gasteiger partial charge in [0, 0.05) is 25.2 Å². The molecule has 2 rings (SSSR count). The normalized spacial score (nSPS) is 28.2. The van der Waals surface area contributed by atoms with Crippen molar-refractivity contribution < 1.29 is 14.7 Å². The van der Waals surface area contributed by atoms with E-state index in [9.17, 15) is 14.7 Å². The molecule has 3 atom stereocenters. The zero-order valence-electron chi connectivity index (χ0n) is 11.0. The van der Waals surface area contributed by atoms with Gasteiger partial charge in [-0.3, -0.25) is 4.79 Å². The quantitative estimate of drug-likeness (QED) is 0.769. The van der Waals surface area contributed by atoms with Gasteiger partial charge >= 0.3 is 12.0 Å². The van der Waals surface area contributed by atoms with Gasteiger partial charge in [-0.2, -0.15) is 0 Å². The number of carboxylic acid groups (broad SMARTS) is 1. The average Bonchev–Trinajstić information content (AvgIpc) is 2.95. The van der Waals surface area contributed by atoms with E-state index in [0.717, 1.165) is 12.8 Å². The Balaban J connectivity index is 2.13. The first-order chi connectivity index (χ1) is 9.10. The molecule has 2 amide bonds. The van der Waals surface area contributed by atoms with Crippen molar-refractivity contribution in [3.8, 4) is 0 Å². The number of nitrogens with zero attached hydrogens (tertiary/aromatic N) is 2. The standard InChI is InChI=1S/C14H20N2O3/c1-3-7-15(8-4-2)14(19)16-10-5-6-12(16)11(9-10)13(17)18/h3-4,10-12H,1-2,5-9H2,(H,17,18). The van der Waals surface area contributed by atoms with Gasteiger partial charge in [0.05, 0.1) is 5.92 Å². The molecule has 2 heterocycles. The van der Waals surface area contributed by atoms with Crippen LogP contribution in [-0.4, -0.2) is 52.1 Å². The van der Waals surface area contributed by atoms with E-state index in [4.69, 9.17) is 0 Å². The third-order valence-corrected chi connectivity index (χ3v) is 4.04. The SMILES string of the molecule is C=CCN(CC=C)C(=O)N1C2CCC1C(C(=O)O)C2. The summed E-state index contributed by atoms with van der Waals surface area (Å²) in [6.45, 7) is 8.21. The molecule has 5 heteroatoms. The van der Waals surface area contributed by atoms with Crippen molar-refractivity contribution in [1.29, 1.82) is 0 Å². The van der Waals surface area contributed by atoms with Gasteiger partial charge < -0.3 is 14.9 Å². The number of aliphatic carboxylic acids is 1. The van der Waals surface area contributed by atoms with Crippen LogP contribution in [0.4, 0.5) is 4.79 Å². The summed E-state index contributed by atoms with van der Waals surface area (Å²) < 4.78 is 0. The number of fused-ring (bicyclic) bond motifs is 2. The lowest BCUT2D eigenvalue weighted by molar-refractivity contribution is -0.142.